The van der Waals surface area contributed by atoms with Gasteiger partial charge < -0.3 is 9.76 Å². The number of fused-ring (bicyclic) bond motifs is 5. The summed E-state index contributed by atoms with van der Waals surface area (Å²) in [7, 11) is 1.81. The molecule has 0 heterocycles. The molecule has 0 fully saturated rings. The van der Waals surface area contributed by atoms with E-state index in [9.17, 15) is 5.11 Å². The molecule has 5 aromatic carbocycles. The van der Waals surface area contributed by atoms with Crippen molar-refractivity contribution in [2.45, 2.75) is 38.9 Å². The quantitative estimate of drug-likeness (QED) is 0.250. The Morgan fingerprint density at radius 1 is 0.606 bits per heavy atom. The van der Waals surface area contributed by atoms with Crippen molar-refractivity contribution in [3.8, 4) is 11.1 Å². The van der Waals surface area contributed by atoms with E-state index in [1.807, 2.05) is 13.8 Å². The van der Waals surface area contributed by atoms with Gasteiger partial charge in [-0.15, -0.1) is 0 Å². The molecule has 0 amide bonds. The summed E-state index contributed by atoms with van der Waals surface area (Å²) in [5.41, 5.74) is 1.74. The second-order valence-electron chi connectivity index (χ2n) is 9.75. The van der Waals surface area contributed by atoms with Crippen molar-refractivity contribution in [1.29, 1.82) is 0 Å². The Labute approximate surface area is 196 Å². The Bertz CT molecular complexity index is 1460. The van der Waals surface area contributed by atoms with E-state index in [-0.39, 0.29) is 0 Å². The molecule has 1 radical (unpaired) electrons. The van der Waals surface area contributed by atoms with Crippen LogP contribution in [0.15, 0.2) is 91.0 Å². The molecule has 0 aliphatic rings. The Morgan fingerprint density at radius 3 is 1.76 bits per heavy atom. The van der Waals surface area contributed by atoms with Crippen molar-refractivity contribution in [2.24, 2.45) is 0 Å². The zero-order valence-corrected chi connectivity index (χ0v) is 19.6. The third-order valence-electron chi connectivity index (χ3n) is 6.95. The standard InChI is InChI=1S/C30H28BO2/c1-29(2,32)30(3,4)33-31-28-19-27-22-15-9-8-14-21(22)25(20-12-6-5-7-13-20)18-26(27)23-16-10-11-17-24(23)28/h5-19,32H,1-4H3. The van der Waals surface area contributed by atoms with Crippen LogP contribution in [0.1, 0.15) is 27.7 Å². The Hall–Kier alpha value is -3.14. The van der Waals surface area contributed by atoms with Gasteiger partial charge in [0.2, 0.25) is 0 Å². The van der Waals surface area contributed by atoms with E-state index in [0.29, 0.717) is 0 Å². The Kier molecular flexibility index (Phi) is 5.27. The van der Waals surface area contributed by atoms with E-state index in [2.05, 4.69) is 91.0 Å². The molecule has 1 N–H and O–H groups in total. The molecule has 5 aromatic rings. The fourth-order valence-electron chi connectivity index (χ4n) is 4.29. The highest BCUT2D eigenvalue weighted by molar-refractivity contribution is 6.53. The predicted octanol–water partition coefficient (Wildman–Crippen LogP) is 6.62. The minimum Gasteiger partial charge on any atom is -0.427 e. The van der Waals surface area contributed by atoms with Crippen LogP contribution in [0.4, 0.5) is 0 Å². The van der Waals surface area contributed by atoms with Gasteiger partial charge in [0.05, 0.1) is 11.2 Å². The van der Waals surface area contributed by atoms with Crippen molar-refractivity contribution in [1.82, 2.24) is 0 Å². The summed E-state index contributed by atoms with van der Waals surface area (Å²) in [5.74, 6) is 0. The highest BCUT2D eigenvalue weighted by Gasteiger charge is 2.35. The predicted molar refractivity (Wildman–Crippen MR) is 141 cm³/mol. The van der Waals surface area contributed by atoms with Crippen LogP contribution in [-0.2, 0) is 4.65 Å². The van der Waals surface area contributed by atoms with E-state index in [1.54, 1.807) is 21.3 Å². The number of rotatable bonds is 5. The van der Waals surface area contributed by atoms with Crippen LogP contribution in [0, 0.1) is 0 Å². The van der Waals surface area contributed by atoms with Gasteiger partial charge in [-0.1, -0.05) is 84.9 Å². The van der Waals surface area contributed by atoms with Crippen molar-refractivity contribution in [3.05, 3.63) is 91.0 Å². The third kappa shape index (κ3) is 3.82. The summed E-state index contributed by atoms with van der Waals surface area (Å²) in [6.45, 7) is 7.37. The summed E-state index contributed by atoms with van der Waals surface area (Å²) < 4.78 is 6.17. The maximum atomic E-state index is 10.5. The molecule has 0 aromatic heterocycles. The highest BCUT2D eigenvalue weighted by Crippen LogP contribution is 2.37. The number of hydrogen-bond donors (Lipinski definition) is 1. The maximum absolute atomic E-state index is 10.5. The molecule has 5 rings (SSSR count). The van der Waals surface area contributed by atoms with Crippen LogP contribution in [-0.4, -0.2) is 23.8 Å². The van der Waals surface area contributed by atoms with E-state index < -0.39 is 11.2 Å². The fraction of sp³-hybridized carbons (Fsp3) is 0.200. The molecule has 0 aliphatic carbocycles. The van der Waals surface area contributed by atoms with Crippen molar-refractivity contribution >= 4 is 45.3 Å². The minimum absolute atomic E-state index is 0.734. The number of aliphatic hydroxyl groups is 1. The monoisotopic (exact) mass is 431 g/mol. The lowest BCUT2D eigenvalue weighted by Crippen LogP contribution is -2.49. The molecular formula is C30H28BO2. The van der Waals surface area contributed by atoms with Crippen LogP contribution < -0.4 is 5.46 Å². The van der Waals surface area contributed by atoms with Crippen LogP contribution in [0.3, 0.4) is 0 Å². The lowest BCUT2D eigenvalue weighted by molar-refractivity contribution is -0.0893. The molecule has 0 saturated carbocycles. The molecule has 0 saturated heterocycles. The molecule has 163 valence electrons. The van der Waals surface area contributed by atoms with Crippen LogP contribution >= 0.6 is 0 Å². The molecule has 0 spiro atoms. The molecular weight excluding hydrogens is 403 g/mol. The molecule has 0 bridgehead atoms. The molecule has 0 atom stereocenters. The lowest BCUT2D eigenvalue weighted by atomic mass is 9.78. The number of benzene rings is 5. The molecule has 0 unspecified atom stereocenters. The topological polar surface area (TPSA) is 29.5 Å². The summed E-state index contributed by atoms with van der Waals surface area (Å²) in [5, 5.41) is 17.7. The first-order valence-electron chi connectivity index (χ1n) is 11.4. The zero-order valence-electron chi connectivity index (χ0n) is 19.6. The number of hydrogen-bond acceptors (Lipinski definition) is 2. The van der Waals surface area contributed by atoms with Gasteiger partial charge in [0, 0.05) is 0 Å². The van der Waals surface area contributed by atoms with E-state index in [0.717, 1.165) is 10.8 Å². The van der Waals surface area contributed by atoms with Gasteiger partial charge in [-0.25, -0.2) is 0 Å². The van der Waals surface area contributed by atoms with Gasteiger partial charge in [0.25, 0.3) is 0 Å². The molecule has 2 nitrogen and oxygen atoms in total. The van der Waals surface area contributed by atoms with E-state index in [4.69, 9.17) is 4.65 Å². The summed E-state index contributed by atoms with van der Waals surface area (Å²) >= 11 is 0. The molecule has 3 heteroatoms. The van der Waals surface area contributed by atoms with Gasteiger partial charge in [-0.05, 0) is 82.7 Å². The largest absolute Gasteiger partial charge is 0.427 e. The van der Waals surface area contributed by atoms with E-state index >= 15 is 0 Å². The Balaban J connectivity index is 1.78. The average molecular weight is 431 g/mol. The van der Waals surface area contributed by atoms with Gasteiger partial charge in [0.15, 0.2) is 0 Å². The second kappa shape index (κ2) is 8.02. The zero-order chi connectivity index (χ0) is 23.2. The second-order valence-corrected chi connectivity index (χ2v) is 9.75. The maximum Gasteiger partial charge on any atom is 0.331 e. The minimum atomic E-state index is -0.979. The average Bonchev–Trinajstić information content (AvgIpc) is 2.82. The summed E-state index contributed by atoms with van der Waals surface area (Å²) in [6, 6.07) is 32.2. The SMILES string of the molecule is CC(C)(O)C(C)(C)O[B]c1cc2c3ccccc3c(-c3ccccc3)cc2c2ccccc12. The van der Waals surface area contributed by atoms with Crippen LogP contribution in [0.2, 0.25) is 0 Å². The first-order chi connectivity index (χ1) is 15.8. The Morgan fingerprint density at radius 2 is 1.12 bits per heavy atom. The van der Waals surface area contributed by atoms with Crippen molar-refractivity contribution < 1.29 is 9.76 Å². The summed E-state index contributed by atoms with van der Waals surface area (Å²) in [6.07, 6.45) is 0. The van der Waals surface area contributed by atoms with Crippen molar-refractivity contribution in [2.75, 3.05) is 0 Å². The fourth-order valence-corrected chi connectivity index (χ4v) is 4.29. The van der Waals surface area contributed by atoms with Gasteiger partial charge in [-0.3, -0.25) is 0 Å². The highest BCUT2D eigenvalue weighted by atomic mass is 16.5. The molecule has 33 heavy (non-hydrogen) atoms. The van der Waals surface area contributed by atoms with Gasteiger partial charge in [0.1, 0.15) is 0 Å². The van der Waals surface area contributed by atoms with Crippen LogP contribution in [0.5, 0.6) is 0 Å². The molecule has 0 aliphatic heterocycles. The van der Waals surface area contributed by atoms with Gasteiger partial charge in [-0.2, -0.15) is 0 Å². The lowest BCUT2D eigenvalue weighted by Gasteiger charge is -2.37. The van der Waals surface area contributed by atoms with Crippen molar-refractivity contribution in [3.63, 3.8) is 0 Å². The first kappa shape index (κ1) is 21.7. The van der Waals surface area contributed by atoms with Gasteiger partial charge >= 0.3 is 7.48 Å². The smallest absolute Gasteiger partial charge is 0.331 e. The third-order valence-corrected chi connectivity index (χ3v) is 6.95. The first-order valence-corrected chi connectivity index (χ1v) is 11.4. The van der Waals surface area contributed by atoms with E-state index in [1.165, 1.54) is 38.1 Å². The summed E-state index contributed by atoms with van der Waals surface area (Å²) in [4.78, 5) is 0. The normalized spacial score (nSPS) is 12.5. The van der Waals surface area contributed by atoms with Crippen LogP contribution in [0.25, 0.3) is 43.4 Å².